The third-order valence-corrected chi connectivity index (χ3v) is 3.59. The van der Waals surface area contributed by atoms with Crippen LogP contribution in [-0.4, -0.2) is 5.91 Å². The van der Waals surface area contributed by atoms with E-state index >= 15 is 0 Å². The molecule has 0 aliphatic rings. The summed E-state index contributed by atoms with van der Waals surface area (Å²) in [4.78, 5) is 12.3. The molecule has 0 fully saturated rings. The molecule has 0 spiro atoms. The second kappa shape index (κ2) is 5.74. The Morgan fingerprint density at radius 1 is 1.18 bits per heavy atom. The van der Waals surface area contributed by atoms with E-state index in [0.717, 1.165) is 16.5 Å². The highest BCUT2D eigenvalue weighted by molar-refractivity contribution is 5.98. The minimum atomic E-state index is -0.238. The van der Waals surface area contributed by atoms with E-state index in [1.165, 1.54) is 0 Å². The number of nitrogens with zero attached hydrogens (tertiary/aromatic N) is 1. The smallest absolute Gasteiger partial charge is 0.287 e. The fraction of sp³-hybridized carbons (Fsp3) is 0.111. The number of rotatable bonds is 3. The molecule has 0 saturated heterocycles. The first-order valence-corrected chi connectivity index (χ1v) is 6.94. The average molecular weight is 290 g/mol. The van der Waals surface area contributed by atoms with Crippen LogP contribution < -0.4 is 5.32 Å². The zero-order valence-electron chi connectivity index (χ0n) is 12.1. The molecule has 0 aliphatic heterocycles. The van der Waals surface area contributed by atoms with E-state index in [-0.39, 0.29) is 5.91 Å². The molecule has 0 unspecified atom stereocenters. The monoisotopic (exact) mass is 290 g/mol. The lowest BCUT2D eigenvalue weighted by molar-refractivity contribution is 0.0924. The van der Waals surface area contributed by atoms with Gasteiger partial charge in [0.05, 0.1) is 11.6 Å². The molecule has 1 aromatic heterocycles. The van der Waals surface area contributed by atoms with E-state index in [1.54, 1.807) is 12.1 Å². The first-order valence-electron chi connectivity index (χ1n) is 6.94. The molecule has 3 aromatic rings. The number of nitrogens with one attached hydrogen (secondary N) is 1. The number of carbonyl (C=O) groups excluding carboxylic acids is 1. The predicted octanol–water partition coefficient (Wildman–Crippen LogP) is 3.54. The van der Waals surface area contributed by atoms with Gasteiger partial charge in [0.15, 0.2) is 5.76 Å². The van der Waals surface area contributed by atoms with Crippen LogP contribution >= 0.6 is 0 Å². The summed E-state index contributed by atoms with van der Waals surface area (Å²) in [7, 11) is 0. The summed E-state index contributed by atoms with van der Waals surface area (Å²) in [5.74, 6) is 0.105. The van der Waals surface area contributed by atoms with Gasteiger partial charge in [0.25, 0.3) is 5.91 Å². The molecule has 0 radical (unpaired) electrons. The number of hydrogen-bond donors (Lipinski definition) is 1. The number of aryl methyl sites for hydroxylation is 1. The summed E-state index contributed by atoms with van der Waals surface area (Å²) in [6.45, 7) is 2.27. The number of carbonyl (C=O) groups is 1. The van der Waals surface area contributed by atoms with Crippen molar-refractivity contribution >= 4 is 16.9 Å². The number of benzene rings is 2. The molecule has 1 N–H and O–H groups in total. The lowest BCUT2D eigenvalue weighted by atomic mass is 10.1. The van der Waals surface area contributed by atoms with Crippen LogP contribution in [0.1, 0.15) is 27.2 Å². The Hall–Kier alpha value is -3.06. The molecule has 1 heterocycles. The summed E-state index contributed by atoms with van der Waals surface area (Å²) in [6, 6.07) is 16.8. The Balaban J connectivity index is 1.75. The number of para-hydroxylation sites is 1. The van der Waals surface area contributed by atoms with Gasteiger partial charge in [-0.1, -0.05) is 30.3 Å². The Morgan fingerprint density at radius 3 is 2.59 bits per heavy atom. The summed E-state index contributed by atoms with van der Waals surface area (Å²) >= 11 is 0. The quantitative estimate of drug-likeness (QED) is 0.802. The van der Waals surface area contributed by atoms with Crippen molar-refractivity contribution in [3.8, 4) is 6.07 Å². The summed E-state index contributed by atoms with van der Waals surface area (Å²) in [6.07, 6.45) is 0. The Morgan fingerprint density at radius 2 is 1.91 bits per heavy atom. The third-order valence-electron chi connectivity index (χ3n) is 3.59. The van der Waals surface area contributed by atoms with E-state index in [0.29, 0.717) is 23.5 Å². The molecule has 0 bridgehead atoms. The van der Waals surface area contributed by atoms with Gasteiger partial charge in [-0.05, 0) is 30.7 Å². The van der Waals surface area contributed by atoms with Crippen LogP contribution in [-0.2, 0) is 6.54 Å². The largest absolute Gasteiger partial charge is 0.451 e. The van der Waals surface area contributed by atoms with Crippen LogP contribution in [0.4, 0.5) is 0 Å². The summed E-state index contributed by atoms with van der Waals surface area (Å²) in [5.41, 5.74) is 3.08. The zero-order chi connectivity index (χ0) is 15.5. The van der Waals surface area contributed by atoms with E-state index in [1.807, 2.05) is 43.3 Å². The lowest BCUT2D eigenvalue weighted by Crippen LogP contribution is -2.22. The molecule has 2 aromatic carbocycles. The van der Waals surface area contributed by atoms with Gasteiger partial charge in [0.2, 0.25) is 0 Å². The highest BCUT2D eigenvalue weighted by Gasteiger charge is 2.16. The second-order valence-corrected chi connectivity index (χ2v) is 5.04. The molecule has 0 atom stereocenters. The van der Waals surface area contributed by atoms with Crippen LogP contribution in [0.25, 0.3) is 11.0 Å². The van der Waals surface area contributed by atoms with Crippen molar-refractivity contribution in [2.24, 2.45) is 0 Å². The van der Waals surface area contributed by atoms with Crippen molar-refractivity contribution in [2.75, 3.05) is 0 Å². The van der Waals surface area contributed by atoms with Crippen molar-refractivity contribution in [1.82, 2.24) is 5.32 Å². The fourth-order valence-corrected chi connectivity index (χ4v) is 2.35. The van der Waals surface area contributed by atoms with Crippen LogP contribution in [0.15, 0.2) is 52.9 Å². The summed E-state index contributed by atoms with van der Waals surface area (Å²) in [5, 5.41) is 12.6. The zero-order valence-corrected chi connectivity index (χ0v) is 12.1. The van der Waals surface area contributed by atoms with Gasteiger partial charge in [0.1, 0.15) is 5.58 Å². The highest BCUT2D eigenvalue weighted by Crippen LogP contribution is 2.24. The van der Waals surface area contributed by atoms with E-state index < -0.39 is 0 Å². The van der Waals surface area contributed by atoms with Crippen molar-refractivity contribution in [1.29, 1.82) is 5.26 Å². The predicted molar refractivity (Wildman–Crippen MR) is 83.3 cm³/mol. The maximum atomic E-state index is 12.3. The lowest BCUT2D eigenvalue weighted by Gasteiger charge is -2.04. The van der Waals surface area contributed by atoms with Crippen molar-refractivity contribution in [3.05, 3.63) is 71.0 Å². The molecule has 4 nitrogen and oxygen atoms in total. The second-order valence-electron chi connectivity index (χ2n) is 5.04. The van der Waals surface area contributed by atoms with E-state index in [2.05, 4.69) is 11.4 Å². The maximum absolute atomic E-state index is 12.3. The first-order chi connectivity index (χ1) is 10.7. The van der Waals surface area contributed by atoms with Crippen LogP contribution in [0.5, 0.6) is 0 Å². The normalized spacial score (nSPS) is 10.4. The molecule has 4 heteroatoms. The van der Waals surface area contributed by atoms with Crippen molar-refractivity contribution in [3.63, 3.8) is 0 Å². The van der Waals surface area contributed by atoms with Crippen LogP contribution in [0.3, 0.4) is 0 Å². The Labute approximate surface area is 128 Å². The fourth-order valence-electron chi connectivity index (χ4n) is 2.35. The van der Waals surface area contributed by atoms with Gasteiger partial charge in [-0.15, -0.1) is 0 Å². The minimum absolute atomic E-state index is 0.238. The first kappa shape index (κ1) is 13.9. The van der Waals surface area contributed by atoms with Gasteiger partial charge in [-0.2, -0.15) is 5.26 Å². The SMILES string of the molecule is Cc1c(C(=O)NCc2ccc(C#N)cc2)oc2ccccc12. The number of furan rings is 1. The standard InChI is InChI=1S/C18H14N2O2/c1-12-15-4-2-3-5-16(15)22-17(12)18(21)20-11-14-8-6-13(10-19)7-9-14/h2-9H,11H2,1H3,(H,20,21). The van der Waals surface area contributed by atoms with Crippen LogP contribution in [0, 0.1) is 18.3 Å². The number of hydrogen-bond acceptors (Lipinski definition) is 3. The van der Waals surface area contributed by atoms with Gasteiger partial charge in [-0.25, -0.2) is 0 Å². The van der Waals surface area contributed by atoms with Gasteiger partial charge in [-0.3, -0.25) is 4.79 Å². The Kier molecular flexibility index (Phi) is 3.63. The van der Waals surface area contributed by atoms with E-state index in [9.17, 15) is 4.79 Å². The maximum Gasteiger partial charge on any atom is 0.287 e. The molecular weight excluding hydrogens is 276 g/mol. The number of nitriles is 1. The van der Waals surface area contributed by atoms with Crippen molar-refractivity contribution < 1.29 is 9.21 Å². The average Bonchev–Trinajstić information content (AvgIpc) is 2.90. The molecule has 108 valence electrons. The van der Waals surface area contributed by atoms with Gasteiger partial charge >= 0.3 is 0 Å². The van der Waals surface area contributed by atoms with E-state index in [4.69, 9.17) is 9.68 Å². The number of fused-ring (bicyclic) bond motifs is 1. The molecular formula is C18H14N2O2. The highest BCUT2D eigenvalue weighted by atomic mass is 16.3. The molecule has 3 rings (SSSR count). The molecule has 0 aliphatic carbocycles. The molecule has 0 saturated carbocycles. The molecule has 1 amide bonds. The minimum Gasteiger partial charge on any atom is -0.451 e. The Bertz CT molecular complexity index is 870. The van der Waals surface area contributed by atoms with Gasteiger partial charge in [0, 0.05) is 17.5 Å². The summed E-state index contributed by atoms with van der Waals surface area (Å²) < 4.78 is 5.63. The van der Waals surface area contributed by atoms with Crippen LogP contribution in [0.2, 0.25) is 0 Å². The van der Waals surface area contributed by atoms with Gasteiger partial charge < -0.3 is 9.73 Å². The molecule has 22 heavy (non-hydrogen) atoms. The third kappa shape index (κ3) is 2.57. The number of amides is 1. The van der Waals surface area contributed by atoms with Crippen molar-refractivity contribution in [2.45, 2.75) is 13.5 Å². The topological polar surface area (TPSA) is 66.0 Å².